The maximum Gasteiger partial charge on any atom is 0.254 e. The van der Waals surface area contributed by atoms with Crippen LogP contribution < -0.4 is 0 Å². The number of rotatable bonds is 4. The number of hydrogen-bond donors (Lipinski definition) is 0. The highest BCUT2D eigenvalue weighted by Crippen LogP contribution is 2.30. The van der Waals surface area contributed by atoms with Gasteiger partial charge < -0.3 is 4.90 Å². The first-order valence-corrected chi connectivity index (χ1v) is 7.11. The zero-order valence-corrected chi connectivity index (χ0v) is 10.9. The zero-order chi connectivity index (χ0) is 12.4. The van der Waals surface area contributed by atoms with Crippen molar-refractivity contribution in [2.24, 2.45) is 0 Å². The molecule has 92 valence electrons. The Hall–Kier alpha value is -1.61. The maximum atomic E-state index is 12.5. The van der Waals surface area contributed by atoms with Crippen LogP contribution in [0.4, 0.5) is 0 Å². The van der Waals surface area contributed by atoms with E-state index in [9.17, 15) is 4.79 Å². The second kappa shape index (κ2) is 4.94. The molecule has 0 unspecified atom stereocenters. The van der Waals surface area contributed by atoms with Gasteiger partial charge >= 0.3 is 0 Å². The van der Waals surface area contributed by atoms with Crippen molar-refractivity contribution < 1.29 is 4.79 Å². The lowest BCUT2D eigenvalue weighted by atomic mass is 10.2. The molecule has 1 saturated carbocycles. The third-order valence-corrected chi connectivity index (χ3v) is 4.04. The van der Waals surface area contributed by atoms with Crippen LogP contribution in [0, 0.1) is 0 Å². The molecule has 1 aromatic heterocycles. The third-order valence-electron chi connectivity index (χ3n) is 3.18. The van der Waals surface area contributed by atoms with Crippen LogP contribution in [0.25, 0.3) is 0 Å². The highest BCUT2D eigenvalue weighted by Gasteiger charge is 2.33. The van der Waals surface area contributed by atoms with E-state index in [4.69, 9.17) is 0 Å². The first kappa shape index (κ1) is 11.5. The Morgan fingerprint density at radius 3 is 2.56 bits per heavy atom. The molecule has 3 heteroatoms. The summed E-state index contributed by atoms with van der Waals surface area (Å²) >= 11 is 1.72. The molecule has 1 aromatic carbocycles. The van der Waals surface area contributed by atoms with Crippen LogP contribution >= 0.6 is 11.3 Å². The van der Waals surface area contributed by atoms with Crippen molar-refractivity contribution in [3.8, 4) is 0 Å². The lowest BCUT2D eigenvalue weighted by molar-refractivity contribution is 0.0731. The standard InChI is InChI=1S/C15H15NOS/c17-15(12-5-2-1-3-6-12)16(13-8-9-13)11-14-7-4-10-18-14/h1-7,10,13H,8-9,11H2. The van der Waals surface area contributed by atoms with Gasteiger partial charge in [0.2, 0.25) is 0 Å². The summed E-state index contributed by atoms with van der Waals surface area (Å²) in [5, 5.41) is 2.06. The minimum Gasteiger partial charge on any atom is -0.331 e. The Kier molecular flexibility index (Phi) is 3.15. The van der Waals surface area contributed by atoms with E-state index in [0.717, 1.165) is 24.9 Å². The van der Waals surface area contributed by atoms with Gasteiger partial charge in [-0.25, -0.2) is 0 Å². The van der Waals surface area contributed by atoms with Crippen molar-refractivity contribution in [3.05, 3.63) is 58.3 Å². The number of carbonyl (C=O) groups is 1. The summed E-state index contributed by atoms with van der Waals surface area (Å²) in [7, 11) is 0. The van der Waals surface area contributed by atoms with Gasteiger partial charge in [0.15, 0.2) is 0 Å². The maximum absolute atomic E-state index is 12.5. The van der Waals surface area contributed by atoms with Gasteiger partial charge in [0.25, 0.3) is 5.91 Å². The van der Waals surface area contributed by atoms with E-state index < -0.39 is 0 Å². The zero-order valence-electron chi connectivity index (χ0n) is 10.1. The normalized spacial score (nSPS) is 14.4. The number of benzene rings is 1. The van der Waals surface area contributed by atoms with Crippen LogP contribution in [-0.2, 0) is 6.54 Å². The molecule has 0 atom stereocenters. The van der Waals surface area contributed by atoms with Crippen LogP contribution in [0.2, 0.25) is 0 Å². The highest BCUT2D eigenvalue weighted by molar-refractivity contribution is 7.09. The predicted molar refractivity (Wildman–Crippen MR) is 73.7 cm³/mol. The van der Waals surface area contributed by atoms with Crippen LogP contribution in [0.15, 0.2) is 47.8 Å². The molecule has 0 radical (unpaired) electrons. The second-order valence-electron chi connectivity index (χ2n) is 4.61. The topological polar surface area (TPSA) is 20.3 Å². The van der Waals surface area contributed by atoms with Crippen LogP contribution in [-0.4, -0.2) is 16.8 Å². The molecule has 0 spiro atoms. The second-order valence-corrected chi connectivity index (χ2v) is 5.64. The van der Waals surface area contributed by atoms with Crippen molar-refractivity contribution in [3.63, 3.8) is 0 Å². The number of hydrogen-bond acceptors (Lipinski definition) is 2. The van der Waals surface area contributed by atoms with E-state index in [-0.39, 0.29) is 5.91 Å². The number of nitrogens with zero attached hydrogens (tertiary/aromatic N) is 1. The summed E-state index contributed by atoms with van der Waals surface area (Å²) in [6.07, 6.45) is 2.29. The summed E-state index contributed by atoms with van der Waals surface area (Å²) in [5.74, 6) is 0.159. The molecule has 0 bridgehead atoms. The lowest BCUT2D eigenvalue weighted by Gasteiger charge is -2.21. The largest absolute Gasteiger partial charge is 0.331 e. The first-order valence-electron chi connectivity index (χ1n) is 6.23. The van der Waals surface area contributed by atoms with Crippen molar-refractivity contribution in [1.82, 2.24) is 4.90 Å². The average Bonchev–Trinajstić information content (AvgIpc) is 3.13. The predicted octanol–water partition coefficient (Wildman–Crippen LogP) is 3.55. The Morgan fingerprint density at radius 1 is 1.17 bits per heavy atom. The fourth-order valence-electron chi connectivity index (χ4n) is 2.07. The van der Waals surface area contributed by atoms with Crippen molar-refractivity contribution >= 4 is 17.2 Å². The fourth-order valence-corrected chi connectivity index (χ4v) is 2.77. The van der Waals surface area contributed by atoms with Crippen molar-refractivity contribution in [2.45, 2.75) is 25.4 Å². The van der Waals surface area contributed by atoms with E-state index in [0.29, 0.717) is 6.04 Å². The minimum atomic E-state index is 0.159. The number of thiophene rings is 1. The summed E-state index contributed by atoms with van der Waals surface area (Å²) in [6.45, 7) is 0.746. The number of carbonyl (C=O) groups excluding carboxylic acids is 1. The van der Waals surface area contributed by atoms with Crippen LogP contribution in [0.5, 0.6) is 0 Å². The van der Waals surface area contributed by atoms with Gasteiger partial charge in [0.1, 0.15) is 0 Å². The van der Waals surface area contributed by atoms with E-state index in [1.54, 1.807) is 11.3 Å². The Labute approximate surface area is 111 Å². The first-order chi connectivity index (χ1) is 8.84. The van der Waals surface area contributed by atoms with Gasteiger partial charge in [-0.2, -0.15) is 0 Å². The summed E-state index contributed by atoms with van der Waals surface area (Å²) in [5.41, 5.74) is 0.793. The molecule has 0 saturated heterocycles. The summed E-state index contributed by atoms with van der Waals surface area (Å²) < 4.78 is 0. The average molecular weight is 257 g/mol. The van der Waals surface area contributed by atoms with E-state index in [1.807, 2.05) is 41.3 Å². The molecule has 2 nitrogen and oxygen atoms in total. The van der Waals surface area contributed by atoms with E-state index >= 15 is 0 Å². The molecule has 2 aromatic rings. The lowest BCUT2D eigenvalue weighted by Crippen LogP contribution is -2.32. The van der Waals surface area contributed by atoms with E-state index in [2.05, 4.69) is 11.4 Å². The molecule has 1 heterocycles. The molecular weight excluding hydrogens is 242 g/mol. The van der Waals surface area contributed by atoms with Gasteiger partial charge in [0, 0.05) is 16.5 Å². The third kappa shape index (κ3) is 2.46. The monoisotopic (exact) mass is 257 g/mol. The smallest absolute Gasteiger partial charge is 0.254 e. The van der Waals surface area contributed by atoms with Crippen molar-refractivity contribution in [1.29, 1.82) is 0 Å². The Bertz CT molecular complexity index is 517. The molecular formula is C15H15NOS. The highest BCUT2D eigenvalue weighted by atomic mass is 32.1. The molecule has 0 N–H and O–H groups in total. The summed E-state index contributed by atoms with van der Waals surface area (Å²) in [4.78, 5) is 15.8. The number of amides is 1. The van der Waals surface area contributed by atoms with Gasteiger partial charge in [-0.1, -0.05) is 24.3 Å². The van der Waals surface area contributed by atoms with Gasteiger partial charge in [-0.05, 0) is 36.4 Å². The molecule has 1 aliphatic rings. The fraction of sp³-hybridized carbons (Fsp3) is 0.267. The summed E-state index contributed by atoms with van der Waals surface area (Å²) in [6, 6.07) is 14.2. The molecule has 3 rings (SSSR count). The van der Waals surface area contributed by atoms with E-state index in [1.165, 1.54) is 4.88 Å². The van der Waals surface area contributed by atoms with Crippen molar-refractivity contribution in [2.75, 3.05) is 0 Å². The Morgan fingerprint density at radius 2 is 1.94 bits per heavy atom. The SMILES string of the molecule is O=C(c1ccccc1)N(Cc1cccs1)C1CC1. The van der Waals surface area contributed by atoms with Crippen LogP contribution in [0.3, 0.4) is 0 Å². The van der Waals surface area contributed by atoms with Gasteiger partial charge in [-0.15, -0.1) is 11.3 Å². The molecule has 18 heavy (non-hydrogen) atoms. The van der Waals surface area contributed by atoms with Gasteiger partial charge in [0.05, 0.1) is 6.54 Å². The molecule has 0 aliphatic heterocycles. The molecule has 1 aliphatic carbocycles. The van der Waals surface area contributed by atoms with Crippen LogP contribution in [0.1, 0.15) is 28.1 Å². The minimum absolute atomic E-state index is 0.159. The molecule has 1 fully saturated rings. The quantitative estimate of drug-likeness (QED) is 0.820. The van der Waals surface area contributed by atoms with Gasteiger partial charge in [-0.3, -0.25) is 4.79 Å². The Balaban J connectivity index is 1.80. The molecule has 1 amide bonds.